The Morgan fingerprint density at radius 1 is 1.43 bits per heavy atom. The summed E-state index contributed by atoms with van der Waals surface area (Å²) >= 11 is 0. The van der Waals surface area contributed by atoms with Gasteiger partial charge in [-0.05, 0) is 19.4 Å². The number of carbonyl (C=O) groups excluding carboxylic acids is 1. The van der Waals surface area contributed by atoms with E-state index in [1.165, 1.54) is 6.92 Å². The van der Waals surface area contributed by atoms with Gasteiger partial charge in [-0.2, -0.15) is 0 Å². The van der Waals surface area contributed by atoms with Crippen molar-refractivity contribution in [2.24, 2.45) is 0 Å². The molecular formula is C12H14ClF2NO4S. The van der Waals surface area contributed by atoms with E-state index >= 15 is 0 Å². The van der Waals surface area contributed by atoms with Gasteiger partial charge in [-0.1, -0.05) is 6.92 Å². The summed E-state index contributed by atoms with van der Waals surface area (Å²) in [6.45, 7) is 3.53. The highest BCUT2D eigenvalue weighted by Gasteiger charge is 2.25. The Labute approximate surface area is 125 Å². The third kappa shape index (κ3) is 4.82. The van der Waals surface area contributed by atoms with E-state index in [2.05, 4.69) is 5.32 Å². The predicted octanol–water partition coefficient (Wildman–Crippen LogP) is 2.19. The molecule has 0 heterocycles. The van der Waals surface area contributed by atoms with Crippen LogP contribution in [0.5, 0.6) is 5.75 Å². The monoisotopic (exact) mass is 341 g/mol. The Hall–Kier alpha value is -1.41. The SMILES string of the molecule is CCCNC(=O)C(C)Oc1c(F)cc(F)cc1S(=O)(=O)Cl. The highest BCUT2D eigenvalue weighted by molar-refractivity contribution is 8.13. The highest BCUT2D eigenvalue weighted by atomic mass is 35.7. The van der Waals surface area contributed by atoms with Gasteiger partial charge >= 0.3 is 0 Å². The maximum absolute atomic E-state index is 13.7. The average Bonchev–Trinajstić information content (AvgIpc) is 2.37. The van der Waals surface area contributed by atoms with E-state index in [4.69, 9.17) is 15.4 Å². The van der Waals surface area contributed by atoms with Crippen LogP contribution in [0, 0.1) is 11.6 Å². The summed E-state index contributed by atoms with van der Waals surface area (Å²) in [6, 6.07) is 0.967. The number of rotatable bonds is 6. The fourth-order valence-corrected chi connectivity index (χ4v) is 2.42. The van der Waals surface area contributed by atoms with Gasteiger partial charge in [-0.25, -0.2) is 17.2 Å². The largest absolute Gasteiger partial charge is 0.476 e. The van der Waals surface area contributed by atoms with E-state index in [1.807, 2.05) is 6.92 Å². The van der Waals surface area contributed by atoms with Crippen molar-refractivity contribution >= 4 is 25.6 Å². The Balaban J connectivity index is 3.11. The van der Waals surface area contributed by atoms with Crippen molar-refractivity contribution in [3.63, 3.8) is 0 Å². The second-order valence-electron chi connectivity index (χ2n) is 4.20. The molecule has 5 nitrogen and oxygen atoms in total. The molecule has 1 aromatic carbocycles. The summed E-state index contributed by atoms with van der Waals surface area (Å²) in [7, 11) is 0.681. The van der Waals surface area contributed by atoms with E-state index in [-0.39, 0.29) is 0 Å². The molecule has 0 aliphatic rings. The summed E-state index contributed by atoms with van der Waals surface area (Å²) in [4.78, 5) is 10.8. The molecule has 0 spiro atoms. The van der Waals surface area contributed by atoms with Crippen LogP contribution in [0.4, 0.5) is 8.78 Å². The first-order chi connectivity index (χ1) is 9.66. The molecule has 1 rings (SSSR count). The fourth-order valence-electron chi connectivity index (χ4n) is 1.45. The lowest BCUT2D eigenvalue weighted by Crippen LogP contribution is -2.37. The molecule has 1 aromatic rings. The van der Waals surface area contributed by atoms with Crippen molar-refractivity contribution in [3.8, 4) is 5.75 Å². The van der Waals surface area contributed by atoms with E-state index in [1.54, 1.807) is 0 Å². The normalized spacial score (nSPS) is 12.8. The lowest BCUT2D eigenvalue weighted by atomic mass is 10.3. The van der Waals surface area contributed by atoms with Gasteiger partial charge < -0.3 is 10.1 Å². The van der Waals surface area contributed by atoms with Crippen molar-refractivity contribution in [2.75, 3.05) is 6.54 Å². The van der Waals surface area contributed by atoms with Crippen molar-refractivity contribution in [3.05, 3.63) is 23.8 Å². The number of hydrogen-bond acceptors (Lipinski definition) is 4. The molecule has 0 bridgehead atoms. The van der Waals surface area contributed by atoms with E-state index in [9.17, 15) is 22.0 Å². The minimum absolute atomic E-state index is 0.388. The molecule has 1 atom stereocenters. The third-order valence-corrected chi connectivity index (χ3v) is 3.78. The van der Waals surface area contributed by atoms with Gasteiger partial charge in [-0.15, -0.1) is 0 Å². The van der Waals surface area contributed by atoms with Gasteiger partial charge in [0.05, 0.1) is 0 Å². The number of hydrogen-bond donors (Lipinski definition) is 1. The first-order valence-electron chi connectivity index (χ1n) is 6.05. The van der Waals surface area contributed by atoms with E-state index in [0.717, 1.165) is 0 Å². The summed E-state index contributed by atoms with van der Waals surface area (Å²) in [5.74, 6) is -3.73. The van der Waals surface area contributed by atoms with Crippen LogP contribution < -0.4 is 10.1 Å². The average molecular weight is 342 g/mol. The molecule has 0 aliphatic carbocycles. The fraction of sp³-hybridized carbons (Fsp3) is 0.417. The first kappa shape index (κ1) is 17.6. The number of ether oxygens (including phenoxy) is 1. The maximum Gasteiger partial charge on any atom is 0.265 e. The molecule has 0 radical (unpaired) electrons. The molecule has 118 valence electrons. The molecule has 0 fully saturated rings. The quantitative estimate of drug-likeness (QED) is 0.805. The van der Waals surface area contributed by atoms with Crippen LogP contribution in [0.1, 0.15) is 20.3 Å². The number of carbonyl (C=O) groups is 1. The van der Waals surface area contributed by atoms with Gasteiger partial charge in [0.25, 0.3) is 15.0 Å². The molecular weight excluding hydrogens is 328 g/mol. The van der Waals surface area contributed by atoms with Crippen LogP contribution >= 0.6 is 10.7 Å². The molecule has 0 aliphatic heterocycles. The maximum atomic E-state index is 13.7. The Bertz CT molecular complexity index is 636. The number of nitrogens with one attached hydrogen (secondary N) is 1. The van der Waals surface area contributed by atoms with Crippen molar-refractivity contribution in [1.82, 2.24) is 5.32 Å². The Morgan fingerprint density at radius 3 is 2.57 bits per heavy atom. The van der Waals surface area contributed by atoms with Crippen LogP contribution in [0.2, 0.25) is 0 Å². The lowest BCUT2D eigenvalue weighted by molar-refractivity contribution is -0.127. The minimum atomic E-state index is -4.43. The topological polar surface area (TPSA) is 72.5 Å². The summed E-state index contributed by atoms with van der Waals surface area (Å²) < 4.78 is 54.5. The molecule has 0 aromatic heterocycles. The zero-order valence-corrected chi connectivity index (χ0v) is 12.9. The highest BCUT2D eigenvalue weighted by Crippen LogP contribution is 2.31. The van der Waals surface area contributed by atoms with Crippen LogP contribution in [0.15, 0.2) is 17.0 Å². The molecule has 1 amide bonds. The number of halogens is 3. The molecule has 0 saturated carbocycles. The Kier molecular flexibility index (Phi) is 5.91. The summed E-state index contributed by atoms with van der Waals surface area (Å²) in [6.07, 6.45) is -0.487. The first-order valence-corrected chi connectivity index (χ1v) is 8.35. The van der Waals surface area contributed by atoms with Crippen molar-refractivity contribution in [2.45, 2.75) is 31.3 Å². The molecule has 9 heteroatoms. The standard InChI is InChI=1S/C12H14ClF2NO4S/c1-3-4-16-12(17)7(2)20-11-9(15)5-8(14)6-10(11)21(13,18)19/h5-7H,3-4H2,1-2H3,(H,16,17). The van der Waals surface area contributed by atoms with Crippen LogP contribution in [0.25, 0.3) is 0 Å². The zero-order chi connectivity index (χ0) is 16.2. The van der Waals surface area contributed by atoms with Crippen LogP contribution in [-0.4, -0.2) is 27.0 Å². The smallest absolute Gasteiger partial charge is 0.265 e. The molecule has 1 N–H and O–H groups in total. The minimum Gasteiger partial charge on any atom is -0.476 e. The van der Waals surface area contributed by atoms with Gasteiger partial charge in [0.1, 0.15) is 10.7 Å². The van der Waals surface area contributed by atoms with Crippen LogP contribution in [0.3, 0.4) is 0 Å². The predicted molar refractivity (Wildman–Crippen MR) is 72.8 cm³/mol. The van der Waals surface area contributed by atoms with Gasteiger partial charge in [-0.3, -0.25) is 4.79 Å². The van der Waals surface area contributed by atoms with Crippen LogP contribution in [-0.2, 0) is 13.8 Å². The van der Waals surface area contributed by atoms with Crippen molar-refractivity contribution in [1.29, 1.82) is 0 Å². The van der Waals surface area contributed by atoms with E-state index in [0.29, 0.717) is 25.1 Å². The second-order valence-corrected chi connectivity index (χ2v) is 6.74. The molecule has 21 heavy (non-hydrogen) atoms. The van der Waals surface area contributed by atoms with Crippen molar-refractivity contribution < 1.29 is 26.7 Å². The van der Waals surface area contributed by atoms with E-state index < -0.39 is 43.3 Å². The van der Waals surface area contributed by atoms with Gasteiger partial charge in [0.2, 0.25) is 0 Å². The summed E-state index contributed by atoms with van der Waals surface area (Å²) in [5, 5.41) is 2.50. The number of benzene rings is 1. The number of amides is 1. The van der Waals surface area contributed by atoms with Gasteiger partial charge in [0.15, 0.2) is 17.7 Å². The Morgan fingerprint density at radius 2 is 2.05 bits per heavy atom. The molecule has 1 unspecified atom stereocenters. The van der Waals surface area contributed by atoms with Gasteiger partial charge in [0, 0.05) is 23.3 Å². The lowest BCUT2D eigenvalue weighted by Gasteiger charge is -2.16. The summed E-state index contributed by atoms with van der Waals surface area (Å²) in [5.41, 5.74) is 0. The zero-order valence-electron chi connectivity index (χ0n) is 11.3. The third-order valence-electron chi connectivity index (χ3n) is 2.45. The second kappa shape index (κ2) is 7.04. The molecule has 0 saturated heterocycles.